The lowest BCUT2D eigenvalue weighted by Gasteiger charge is -2.35. The fourth-order valence-electron chi connectivity index (χ4n) is 2.67. The third-order valence-corrected chi connectivity index (χ3v) is 3.78. The number of nitrogens with two attached hydrogens (primary N) is 1. The van der Waals surface area contributed by atoms with Crippen molar-refractivity contribution in [2.45, 2.75) is 31.8 Å². The molecule has 1 aliphatic rings. The van der Waals surface area contributed by atoms with Crippen LogP contribution in [-0.2, 0) is 6.54 Å². The molecular formula is C13H25N5. The summed E-state index contributed by atoms with van der Waals surface area (Å²) in [6, 6.07) is 2.56. The Bertz CT molecular complexity index is 362. The Morgan fingerprint density at radius 3 is 3.06 bits per heavy atom. The molecule has 1 fully saturated rings. The molecule has 1 aromatic rings. The summed E-state index contributed by atoms with van der Waals surface area (Å²) in [4.78, 5) is 4.92. The van der Waals surface area contributed by atoms with E-state index in [0.717, 1.165) is 19.5 Å². The number of piperidine rings is 1. The van der Waals surface area contributed by atoms with Crippen molar-refractivity contribution >= 4 is 5.82 Å². The van der Waals surface area contributed by atoms with Crippen molar-refractivity contribution in [2.24, 2.45) is 0 Å². The first-order valence-electron chi connectivity index (χ1n) is 6.83. The third kappa shape index (κ3) is 3.71. The highest BCUT2D eigenvalue weighted by molar-refractivity contribution is 5.23. The molecule has 18 heavy (non-hydrogen) atoms. The van der Waals surface area contributed by atoms with Crippen molar-refractivity contribution < 1.29 is 0 Å². The Morgan fingerprint density at radius 2 is 2.39 bits per heavy atom. The largest absolute Gasteiger partial charge is 0.382 e. The molecule has 102 valence electrons. The first-order chi connectivity index (χ1) is 8.65. The molecule has 0 bridgehead atoms. The molecule has 0 aliphatic carbocycles. The predicted octanol–water partition coefficient (Wildman–Crippen LogP) is 0.881. The van der Waals surface area contributed by atoms with Crippen molar-refractivity contribution in [3.05, 3.63) is 12.3 Å². The molecule has 0 amide bonds. The van der Waals surface area contributed by atoms with E-state index in [9.17, 15) is 0 Å². The molecule has 0 aromatic carbocycles. The summed E-state index contributed by atoms with van der Waals surface area (Å²) in [6.45, 7) is 4.52. The number of likely N-dealkylation sites (N-methyl/N-ethyl adjacent to an activating group) is 2. The Kier molecular flexibility index (Phi) is 4.60. The second-order valence-corrected chi connectivity index (χ2v) is 5.40. The molecule has 1 saturated heterocycles. The van der Waals surface area contributed by atoms with E-state index < -0.39 is 0 Å². The van der Waals surface area contributed by atoms with Gasteiger partial charge in [0.2, 0.25) is 0 Å². The molecule has 2 rings (SSSR count). The van der Waals surface area contributed by atoms with Crippen LogP contribution in [0, 0.1) is 0 Å². The molecule has 5 heteroatoms. The fraction of sp³-hybridized carbons (Fsp3) is 0.769. The normalized spacial score (nSPS) is 21.6. The van der Waals surface area contributed by atoms with Crippen molar-refractivity contribution in [1.82, 2.24) is 19.6 Å². The Balaban J connectivity index is 1.69. The van der Waals surface area contributed by atoms with Crippen LogP contribution in [0.2, 0.25) is 0 Å². The highest BCUT2D eigenvalue weighted by Crippen LogP contribution is 2.13. The van der Waals surface area contributed by atoms with E-state index >= 15 is 0 Å². The summed E-state index contributed by atoms with van der Waals surface area (Å²) in [7, 11) is 4.45. The minimum absolute atomic E-state index is 0.609. The van der Waals surface area contributed by atoms with Gasteiger partial charge in [-0.3, -0.25) is 4.68 Å². The summed E-state index contributed by atoms with van der Waals surface area (Å²) < 4.78 is 1.93. The van der Waals surface area contributed by atoms with Gasteiger partial charge < -0.3 is 15.5 Å². The van der Waals surface area contributed by atoms with Gasteiger partial charge in [0.05, 0.1) is 0 Å². The van der Waals surface area contributed by atoms with Crippen LogP contribution >= 0.6 is 0 Å². The summed E-state index contributed by atoms with van der Waals surface area (Å²) in [5.74, 6) is 0.609. The van der Waals surface area contributed by atoms with Crippen molar-refractivity contribution in [2.75, 3.05) is 39.5 Å². The molecular weight excluding hydrogens is 226 g/mol. The van der Waals surface area contributed by atoms with Gasteiger partial charge in [-0.15, -0.1) is 0 Å². The molecule has 2 heterocycles. The topological polar surface area (TPSA) is 50.3 Å². The monoisotopic (exact) mass is 251 g/mol. The number of aromatic nitrogens is 2. The van der Waals surface area contributed by atoms with E-state index in [0.29, 0.717) is 11.9 Å². The Morgan fingerprint density at radius 1 is 1.56 bits per heavy atom. The predicted molar refractivity (Wildman–Crippen MR) is 74.4 cm³/mol. The van der Waals surface area contributed by atoms with Gasteiger partial charge in [-0.05, 0) is 52.5 Å². The van der Waals surface area contributed by atoms with Crippen LogP contribution in [0.25, 0.3) is 0 Å². The van der Waals surface area contributed by atoms with Crippen LogP contribution in [0.5, 0.6) is 0 Å². The number of anilines is 1. The summed E-state index contributed by atoms with van der Waals surface area (Å²) in [5.41, 5.74) is 5.59. The maximum Gasteiger partial charge on any atom is 0.145 e. The van der Waals surface area contributed by atoms with E-state index in [1.165, 1.54) is 25.9 Å². The summed E-state index contributed by atoms with van der Waals surface area (Å²) in [6.07, 6.45) is 5.72. The summed E-state index contributed by atoms with van der Waals surface area (Å²) in [5, 5.41) is 4.20. The number of likely N-dealkylation sites (tertiary alicyclic amines) is 1. The maximum absolute atomic E-state index is 5.59. The molecule has 1 atom stereocenters. The van der Waals surface area contributed by atoms with Crippen LogP contribution in [0.3, 0.4) is 0 Å². The van der Waals surface area contributed by atoms with E-state index in [-0.39, 0.29) is 0 Å². The van der Waals surface area contributed by atoms with Gasteiger partial charge in [0.1, 0.15) is 5.82 Å². The van der Waals surface area contributed by atoms with Crippen molar-refractivity contribution in [3.8, 4) is 0 Å². The Hall–Kier alpha value is -1.07. The zero-order valence-corrected chi connectivity index (χ0v) is 11.5. The number of nitrogens with zero attached hydrogens (tertiary/aromatic N) is 4. The lowest BCUT2D eigenvalue weighted by Crippen LogP contribution is -2.45. The molecule has 0 saturated carbocycles. The summed E-state index contributed by atoms with van der Waals surface area (Å²) >= 11 is 0. The van der Waals surface area contributed by atoms with Gasteiger partial charge >= 0.3 is 0 Å². The molecule has 0 spiro atoms. The van der Waals surface area contributed by atoms with Crippen LogP contribution in [0.4, 0.5) is 5.82 Å². The van der Waals surface area contributed by atoms with Crippen molar-refractivity contribution in [1.29, 1.82) is 0 Å². The molecule has 1 aliphatic heterocycles. The second-order valence-electron chi connectivity index (χ2n) is 5.40. The molecule has 1 aromatic heterocycles. The van der Waals surface area contributed by atoms with Gasteiger partial charge in [-0.25, -0.2) is 0 Å². The average molecular weight is 251 g/mol. The molecule has 2 N–H and O–H groups in total. The van der Waals surface area contributed by atoms with Crippen LogP contribution in [0.15, 0.2) is 12.3 Å². The first-order valence-corrected chi connectivity index (χ1v) is 6.83. The lowest BCUT2D eigenvalue weighted by atomic mass is 10.1. The number of hydrogen-bond acceptors (Lipinski definition) is 4. The number of aryl methyl sites for hydroxylation is 1. The van der Waals surface area contributed by atoms with Gasteiger partial charge in [-0.2, -0.15) is 5.10 Å². The fourth-order valence-corrected chi connectivity index (χ4v) is 2.67. The second kappa shape index (κ2) is 6.20. The van der Waals surface area contributed by atoms with E-state index in [1.807, 2.05) is 16.9 Å². The van der Waals surface area contributed by atoms with Crippen LogP contribution < -0.4 is 5.73 Å². The molecule has 0 radical (unpaired) electrons. The van der Waals surface area contributed by atoms with Gasteiger partial charge in [0, 0.05) is 25.3 Å². The SMILES string of the molecule is CN1CCCC(N(C)CCCn2ccc(N)n2)C1. The van der Waals surface area contributed by atoms with Crippen LogP contribution in [0.1, 0.15) is 19.3 Å². The molecule has 5 nitrogen and oxygen atoms in total. The first kappa shape index (κ1) is 13.4. The number of hydrogen-bond donors (Lipinski definition) is 1. The van der Waals surface area contributed by atoms with Crippen LogP contribution in [-0.4, -0.2) is 59.4 Å². The maximum atomic E-state index is 5.59. The van der Waals surface area contributed by atoms with Gasteiger partial charge in [0.25, 0.3) is 0 Å². The highest BCUT2D eigenvalue weighted by Gasteiger charge is 2.20. The smallest absolute Gasteiger partial charge is 0.145 e. The van der Waals surface area contributed by atoms with Gasteiger partial charge in [-0.1, -0.05) is 0 Å². The minimum atomic E-state index is 0.609. The van der Waals surface area contributed by atoms with E-state index in [1.54, 1.807) is 0 Å². The third-order valence-electron chi connectivity index (χ3n) is 3.78. The minimum Gasteiger partial charge on any atom is -0.382 e. The van der Waals surface area contributed by atoms with Crippen molar-refractivity contribution in [3.63, 3.8) is 0 Å². The lowest BCUT2D eigenvalue weighted by molar-refractivity contribution is 0.132. The van der Waals surface area contributed by atoms with E-state index in [4.69, 9.17) is 5.73 Å². The standard InChI is InChI=1S/C13H25N5/c1-16-7-3-5-12(11-16)17(2)8-4-9-18-10-6-13(14)15-18/h6,10,12H,3-5,7-9,11H2,1-2H3,(H2,14,15). The quantitative estimate of drug-likeness (QED) is 0.844. The Labute approximate surface area is 110 Å². The average Bonchev–Trinajstić information content (AvgIpc) is 2.75. The number of nitrogen functional groups attached to an aromatic ring is 1. The zero-order chi connectivity index (χ0) is 13.0. The van der Waals surface area contributed by atoms with E-state index in [2.05, 4.69) is 29.0 Å². The molecule has 1 unspecified atom stereocenters. The number of rotatable bonds is 5. The highest BCUT2D eigenvalue weighted by atomic mass is 15.3. The zero-order valence-electron chi connectivity index (χ0n) is 11.5. The van der Waals surface area contributed by atoms with Gasteiger partial charge in [0.15, 0.2) is 0 Å².